The van der Waals surface area contributed by atoms with Crippen LogP contribution in [0.4, 0.5) is 5.69 Å². The van der Waals surface area contributed by atoms with E-state index in [1.54, 1.807) is 26.0 Å². The van der Waals surface area contributed by atoms with Gasteiger partial charge in [0.25, 0.3) is 0 Å². The molecule has 0 aliphatic rings. The number of rotatable bonds is 3. The van der Waals surface area contributed by atoms with Gasteiger partial charge in [-0.05, 0) is 26.0 Å². The summed E-state index contributed by atoms with van der Waals surface area (Å²) in [6.45, 7) is 3.19. The lowest BCUT2D eigenvalue weighted by Gasteiger charge is -2.12. The van der Waals surface area contributed by atoms with Crippen LogP contribution in [0.25, 0.3) is 11.0 Å². The van der Waals surface area contributed by atoms with E-state index in [0.717, 1.165) is 11.7 Å². The highest BCUT2D eigenvalue weighted by Crippen LogP contribution is 2.31. The molecule has 1 N–H and O–H groups in total. The number of fused-ring (bicyclic) bond motifs is 1. The summed E-state index contributed by atoms with van der Waals surface area (Å²) < 4.78 is 34.1. The molecule has 0 saturated heterocycles. The van der Waals surface area contributed by atoms with Crippen LogP contribution in [0.1, 0.15) is 13.8 Å². The molecule has 2 aromatic rings. The number of aromatic nitrogens is 2. The van der Waals surface area contributed by atoms with Gasteiger partial charge in [0, 0.05) is 0 Å². The van der Waals surface area contributed by atoms with Gasteiger partial charge in [0.2, 0.25) is 10.0 Å². The van der Waals surface area contributed by atoms with Gasteiger partial charge in [0.15, 0.2) is 0 Å². The third kappa shape index (κ3) is 2.36. The molecule has 0 amide bonds. The first-order valence-electron chi connectivity index (χ1n) is 4.84. The molecule has 0 bridgehead atoms. The molecule has 92 valence electrons. The lowest BCUT2D eigenvalue weighted by atomic mass is 10.3. The van der Waals surface area contributed by atoms with E-state index in [4.69, 9.17) is 11.6 Å². The fourth-order valence-electron chi connectivity index (χ4n) is 1.18. The first-order valence-corrected chi connectivity index (χ1v) is 7.49. The molecule has 1 aromatic carbocycles. The number of anilines is 1. The van der Waals surface area contributed by atoms with E-state index in [2.05, 4.69) is 13.5 Å². The van der Waals surface area contributed by atoms with E-state index in [1.807, 2.05) is 0 Å². The van der Waals surface area contributed by atoms with Gasteiger partial charge in [0.1, 0.15) is 11.0 Å². The summed E-state index contributed by atoms with van der Waals surface area (Å²) in [5.41, 5.74) is 1.40. The Morgan fingerprint density at radius 2 is 2.06 bits per heavy atom. The van der Waals surface area contributed by atoms with E-state index in [-0.39, 0.29) is 0 Å². The minimum atomic E-state index is -3.44. The quantitative estimate of drug-likeness (QED) is 0.943. The lowest BCUT2D eigenvalue weighted by molar-refractivity contribution is 0.593. The Balaban J connectivity index is 2.55. The summed E-state index contributed by atoms with van der Waals surface area (Å²) in [6.07, 6.45) is 0. The van der Waals surface area contributed by atoms with Crippen molar-refractivity contribution in [1.29, 1.82) is 0 Å². The van der Waals surface area contributed by atoms with Crippen molar-refractivity contribution in [3.8, 4) is 0 Å². The monoisotopic (exact) mass is 291 g/mol. The molecule has 2 rings (SSSR count). The molecule has 0 atom stereocenters. The maximum absolute atomic E-state index is 11.8. The highest BCUT2D eigenvalue weighted by Gasteiger charge is 2.20. The molecular formula is C9H10ClN3O2S2. The van der Waals surface area contributed by atoms with Crippen LogP contribution in [-0.2, 0) is 10.0 Å². The first-order chi connectivity index (χ1) is 7.92. The van der Waals surface area contributed by atoms with E-state index in [1.165, 1.54) is 0 Å². The number of nitrogens with one attached hydrogen (secondary N) is 1. The van der Waals surface area contributed by atoms with Crippen LogP contribution < -0.4 is 4.72 Å². The molecule has 0 fully saturated rings. The highest BCUT2D eigenvalue weighted by molar-refractivity contribution is 7.93. The van der Waals surface area contributed by atoms with Crippen LogP contribution in [-0.4, -0.2) is 22.4 Å². The Kier molecular flexibility index (Phi) is 3.24. The second kappa shape index (κ2) is 4.40. The Hall–Kier alpha value is -0.920. The zero-order valence-corrected chi connectivity index (χ0v) is 11.5. The summed E-state index contributed by atoms with van der Waals surface area (Å²) in [6, 6.07) is 3.30. The molecule has 1 aromatic heterocycles. The fourth-order valence-corrected chi connectivity index (χ4v) is 2.71. The van der Waals surface area contributed by atoms with Crippen LogP contribution in [0.3, 0.4) is 0 Å². The van der Waals surface area contributed by atoms with Crippen molar-refractivity contribution in [2.24, 2.45) is 0 Å². The number of hydrogen-bond donors (Lipinski definition) is 1. The highest BCUT2D eigenvalue weighted by atomic mass is 35.5. The summed E-state index contributed by atoms with van der Waals surface area (Å²) in [5.74, 6) is 0. The number of hydrogen-bond acceptors (Lipinski definition) is 5. The van der Waals surface area contributed by atoms with Gasteiger partial charge in [-0.15, -0.1) is 0 Å². The van der Waals surface area contributed by atoms with Gasteiger partial charge in [0.05, 0.1) is 27.7 Å². The molecule has 17 heavy (non-hydrogen) atoms. The van der Waals surface area contributed by atoms with E-state index in [9.17, 15) is 8.42 Å². The molecule has 0 aliphatic heterocycles. The van der Waals surface area contributed by atoms with Crippen LogP contribution in [0.15, 0.2) is 12.1 Å². The van der Waals surface area contributed by atoms with Crippen LogP contribution in [0.2, 0.25) is 5.02 Å². The van der Waals surface area contributed by atoms with Gasteiger partial charge in [-0.2, -0.15) is 8.75 Å². The summed E-state index contributed by atoms with van der Waals surface area (Å²) in [7, 11) is -3.44. The first kappa shape index (κ1) is 12.5. The van der Waals surface area contributed by atoms with Gasteiger partial charge >= 0.3 is 0 Å². The standard InChI is InChI=1S/C9H10ClN3O2S2/c1-5(2)17(14,15)13-8-6(10)3-4-7-9(8)12-16-11-7/h3-5,13H,1-2H3. The SMILES string of the molecule is CC(C)S(=O)(=O)Nc1c(Cl)ccc2nsnc12. The second-order valence-corrected chi connectivity index (χ2v) is 6.92. The molecule has 8 heteroatoms. The maximum Gasteiger partial charge on any atom is 0.235 e. The van der Waals surface area contributed by atoms with Crippen molar-refractivity contribution in [2.75, 3.05) is 4.72 Å². The van der Waals surface area contributed by atoms with Crippen molar-refractivity contribution in [2.45, 2.75) is 19.1 Å². The smallest absolute Gasteiger partial charge is 0.235 e. The zero-order valence-electron chi connectivity index (χ0n) is 9.14. The number of nitrogens with zero attached hydrogens (tertiary/aromatic N) is 2. The normalized spacial score (nSPS) is 12.2. The molecule has 0 unspecified atom stereocenters. The second-order valence-electron chi connectivity index (χ2n) is 3.75. The van der Waals surface area contributed by atoms with Crippen LogP contribution in [0, 0.1) is 0 Å². The predicted molar refractivity (Wildman–Crippen MR) is 70.1 cm³/mol. The third-order valence-corrected chi connectivity index (χ3v) is 4.83. The van der Waals surface area contributed by atoms with Crippen molar-refractivity contribution in [3.63, 3.8) is 0 Å². The Morgan fingerprint density at radius 1 is 1.35 bits per heavy atom. The van der Waals surface area contributed by atoms with Crippen molar-refractivity contribution in [3.05, 3.63) is 17.2 Å². The summed E-state index contributed by atoms with van der Waals surface area (Å²) in [5, 5.41) is -0.227. The molecule has 0 saturated carbocycles. The topological polar surface area (TPSA) is 72.0 Å². The third-order valence-electron chi connectivity index (χ3n) is 2.24. The number of halogens is 1. The molecule has 0 spiro atoms. The minimum Gasteiger partial charge on any atom is -0.279 e. The van der Waals surface area contributed by atoms with Crippen molar-refractivity contribution < 1.29 is 8.42 Å². The average Bonchev–Trinajstić information content (AvgIpc) is 2.70. The molecule has 0 aliphatic carbocycles. The number of benzene rings is 1. The van der Waals surface area contributed by atoms with E-state index >= 15 is 0 Å². The maximum atomic E-state index is 11.8. The molecular weight excluding hydrogens is 282 g/mol. The molecule has 1 heterocycles. The largest absolute Gasteiger partial charge is 0.279 e. The Labute approximate surface area is 108 Å². The van der Waals surface area contributed by atoms with Gasteiger partial charge in [-0.3, -0.25) is 4.72 Å². The molecule has 5 nitrogen and oxygen atoms in total. The predicted octanol–water partition coefficient (Wildman–Crippen LogP) is 2.49. The minimum absolute atomic E-state index is 0.298. The Bertz CT molecular complexity index is 651. The molecule has 0 radical (unpaired) electrons. The number of sulfonamides is 1. The Morgan fingerprint density at radius 3 is 2.71 bits per heavy atom. The van der Waals surface area contributed by atoms with Crippen molar-refractivity contribution >= 4 is 50.1 Å². The lowest BCUT2D eigenvalue weighted by Crippen LogP contribution is -2.22. The van der Waals surface area contributed by atoms with Crippen molar-refractivity contribution in [1.82, 2.24) is 8.75 Å². The van der Waals surface area contributed by atoms with E-state index in [0.29, 0.717) is 21.7 Å². The average molecular weight is 292 g/mol. The van der Waals surface area contributed by atoms with E-state index < -0.39 is 15.3 Å². The van der Waals surface area contributed by atoms with Crippen LogP contribution >= 0.6 is 23.3 Å². The fraction of sp³-hybridized carbons (Fsp3) is 0.333. The van der Waals surface area contributed by atoms with Crippen LogP contribution in [0.5, 0.6) is 0 Å². The van der Waals surface area contributed by atoms with Gasteiger partial charge < -0.3 is 0 Å². The summed E-state index contributed by atoms with van der Waals surface area (Å²) in [4.78, 5) is 0. The van der Waals surface area contributed by atoms with Gasteiger partial charge in [-0.25, -0.2) is 8.42 Å². The zero-order chi connectivity index (χ0) is 12.6. The summed E-state index contributed by atoms with van der Waals surface area (Å²) >= 11 is 7.00. The van der Waals surface area contributed by atoms with Gasteiger partial charge in [-0.1, -0.05) is 11.6 Å².